The zero-order valence-electron chi connectivity index (χ0n) is 16.0. The number of hydrogen-bond donors (Lipinski definition) is 2. The minimum Gasteiger partial charge on any atom is -0.357 e. The maximum absolute atomic E-state index is 4.61. The Labute approximate surface area is 160 Å². The number of aliphatic imine (C=N–C) groups is 1. The van der Waals surface area contributed by atoms with E-state index in [0.717, 1.165) is 37.0 Å². The molecule has 140 valence electrons. The van der Waals surface area contributed by atoms with Gasteiger partial charge in [0.05, 0.1) is 0 Å². The zero-order chi connectivity index (χ0) is 18.4. The summed E-state index contributed by atoms with van der Waals surface area (Å²) >= 11 is 1.80. The molecule has 26 heavy (non-hydrogen) atoms. The summed E-state index contributed by atoms with van der Waals surface area (Å²) in [4.78, 5) is 12.7. The number of thiophene rings is 1. The van der Waals surface area contributed by atoms with Crippen molar-refractivity contribution >= 4 is 23.1 Å². The highest BCUT2D eigenvalue weighted by molar-refractivity contribution is 7.10. The molecule has 0 atom stereocenters. The SMILES string of the molecule is CN=C(NCc1ccc(N2CCCC2)nc1)NCC(C)(C)c1cccs1. The van der Waals surface area contributed by atoms with E-state index in [9.17, 15) is 0 Å². The maximum Gasteiger partial charge on any atom is 0.191 e. The van der Waals surface area contributed by atoms with Crippen LogP contribution in [-0.4, -0.2) is 37.6 Å². The number of pyridine rings is 1. The van der Waals surface area contributed by atoms with E-state index in [1.54, 1.807) is 11.3 Å². The molecule has 3 rings (SSSR count). The van der Waals surface area contributed by atoms with Crippen LogP contribution in [0.2, 0.25) is 0 Å². The lowest BCUT2D eigenvalue weighted by molar-refractivity contribution is 0.518. The van der Waals surface area contributed by atoms with Gasteiger partial charge >= 0.3 is 0 Å². The lowest BCUT2D eigenvalue weighted by Crippen LogP contribution is -2.42. The molecule has 0 unspecified atom stereocenters. The maximum atomic E-state index is 4.61. The largest absolute Gasteiger partial charge is 0.357 e. The van der Waals surface area contributed by atoms with Crippen LogP contribution in [0.15, 0.2) is 40.8 Å². The summed E-state index contributed by atoms with van der Waals surface area (Å²) in [7, 11) is 1.81. The molecule has 0 saturated carbocycles. The van der Waals surface area contributed by atoms with Crippen LogP contribution in [0.25, 0.3) is 0 Å². The van der Waals surface area contributed by atoms with Crippen LogP contribution in [0.1, 0.15) is 37.1 Å². The first kappa shape index (κ1) is 18.7. The predicted molar refractivity (Wildman–Crippen MR) is 111 cm³/mol. The van der Waals surface area contributed by atoms with E-state index >= 15 is 0 Å². The van der Waals surface area contributed by atoms with Crippen molar-refractivity contribution in [3.05, 3.63) is 46.3 Å². The van der Waals surface area contributed by atoms with Crippen molar-refractivity contribution in [1.82, 2.24) is 15.6 Å². The van der Waals surface area contributed by atoms with Crippen LogP contribution in [-0.2, 0) is 12.0 Å². The van der Waals surface area contributed by atoms with Gasteiger partial charge in [-0.3, -0.25) is 4.99 Å². The lowest BCUT2D eigenvalue weighted by Gasteiger charge is -2.25. The van der Waals surface area contributed by atoms with E-state index in [1.807, 2.05) is 13.2 Å². The third-order valence-corrected chi connectivity index (χ3v) is 6.04. The molecular formula is C20H29N5S. The molecule has 0 radical (unpaired) electrons. The molecule has 6 heteroatoms. The molecule has 2 aromatic rings. The summed E-state index contributed by atoms with van der Waals surface area (Å²) in [5.74, 6) is 1.91. The summed E-state index contributed by atoms with van der Waals surface area (Å²) in [6.45, 7) is 8.30. The Morgan fingerprint density at radius 1 is 1.23 bits per heavy atom. The number of nitrogens with one attached hydrogen (secondary N) is 2. The van der Waals surface area contributed by atoms with Gasteiger partial charge in [-0.1, -0.05) is 26.0 Å². The van der Waals surface area contributed by atoms with Gasteiger partial charge in [0, 0.05) is 49.7 Å². The summed E-state index contributed by atoms with van der Waals surface area (Å²) in [6, 6.07) is 8.57. The Balaban J connectivity index is 1.49. The lowest BCUT2D eigenvalue weighted by atomic mass is 9.91. The molecule has 2 N–H and O–H groups in total. The van der Waals surface area contributed by atoms with Crippen molar-refractivity contribution in [3.63, 3.8) is 0 Å². The number of aromatic nitrogens is 1. The Hall–Kier alpha value is -2.08. The Kier molecular flexibility index (Phi) is 6.14. The topological polar surface area (TPSA) is 52.6 Å². The Morgan fingerprint density at radius 3 is 2.65 bits per heavy atom. The molecule has 1 saturated heterocycles. The fourth-order valence-corrected chi connectivity index (χ4v) is 3.97. The second-order valence-electron chi connectivity index (χ2n) is 7.36. The van der Waals surface area contributed by atoms with Gasteiger partial charge in [-0.25, -0.2) is 4.98 Å². The molecule has 0 aromatic carbocycles. The number of nitrogens with zero attached hydrogens (tertiary/aromatic N) is 3. The Bertz CT molecular complexity index is 700. The molecular weight excluding hydrogens is 342 g/mol. The van der Waals surface area contributed by atoms with Gasteiger partial charge in [-0.15, -0.1) is 11.3 Å². The Morgan fingerprint density at radius 2 is 2.04 bits per heavy atom. The van der Waals surface area contributed by atoms with Gasteiger partial charge < -0.3 is 15.5 Å². The van der Waals surface area contributed by atoms with Gasteiger partial charge in [-0.2, -0.15) is 0 Å². The van der Waals surface area contributed by atoms with Crippen molar-refractivity contribution in [2.45, 2.75) is 38.6 Å². The second kappa shape index (κ2) is 8.54. The number of anilines is 1. The molecule has 2 aromatic heterocycles. The molecule has 1 aliphatic heterocycles. The average Bonchev–Trinajstić information content (AvgIpc) is 3.36. The van der Waals surface area contributed by atoms with Crippen molar-refractivity contribution in [3.8, 4) is 0 Å². The molecule has 0 spiro atoms. The fourth-order valence-electron chi connectivity index (χ4n) is 3.12. The highest BCUT2D eigenvalue weighted by Crippen LogP contribution is 2.26. The number of guanidine groups is 1. The van der Waals surface area contributed by atoms with E-state index in [2.05, 4.69) is 69.0 Å². The number of rotatable bonds is 6. The average molecular weight is 372 g/mol. The summed E-state index contributed by atoms with van der Waals surface area (Å²) in [5, 5.41) is 8.95. The van der Waals surface area contributed by atoms with Crippen molar-refractivity contribution in [2.24, 2.45) is 4.99 Å². The first-order valence-electron chi connectivity index (χ1n) is 9.27. The highest BCUT2D eigenvalue weighted by atomic mass is 32.1. The molecule has 1 fully saturated rings. The smallest absolute Gasteiger partial charge is 0.191 e. The first-order chi connectivity index (χ1) is 12.6. The van der Waals surface area contributed by atoms with E-state index in [0.29, 0.717) is 6.54 Å². The van der Waals surface area contributed by atoms with E-state index in [-0.39, 0.29) is 5.41 Å². The summed E-state index contributed by atoms with van der Waals surface area (Å²) in [6.07, 6.45) is 4.51. The van der Waals surface area contributed by atoms with Gasteiger partial charge in [-0.05, 0) is 35.9 Å². The van der Waals surface area contributed by atoms with Gasteiger partial charge in [0.1, 0.15) is 5.82 Å². The van der Waals surface area contributed by atoms with E-state index < -0.39 is 0 Å². The first-order valence-corrected chi connectivity index (χ1v) is 10.1. The van der Waals surface area contributed by atoms with Crippen LogP contribution in [0.4, 0.5) is 5.82 Å². The van der Waals surface area contributed by atoms with Gasteiger partial charge in [0.25, 0.3) is 0 Å². The van der Waals surface area contributed by atoms with Crippen LogP contribution in [0.3, 0.4) is 0 Å². The van der Waals surface area contributed by atoms with Crippen LogP contribution in [0.5, 0.6) is 0 Å². The van der Waals surface area contributed by atoms with E-state index in [1.165, 1.54) is 17.7 Å². The van der Waals surface area contributed by atoms with Crippen molar-refractivity contribution in [2.75, 3.05) is 31.6 Å². The molecule has 3 heterocycles. The van der Waals surface area contributed by atoms with Crippen LogP contribution in [0, 0.1) is 0 Å². The summed E-state index contributed by atoms with van der Waals surface area (Å²) in [5.41, 5.74) is 1.23. The minimum atomic E-state index is 0.0741. The monoisotopic (exact) mass is 371 g/mol. The quantitative estimate of drug-likeness (QED) is 0.604. The second-order valence-corrected chi connectivity index (χ2v) is 8.31. The third kappa shape index (κ3) is 4.75. The van der Waals surface area contributed by atoms with Crippen molar-refractivity contribution in [1.29, 1.82) is 0 Å². The third-order valence-electron chi connectivity index (χ3n) is 4.81. The molecule has 5 nitrogen and oxygen atoms in total. The molecule has 0 aliphatic carbocycles. The molecule has 1 aliphatic rings. The zero-order valence-corrected chi connectivity index (χ0v) is 16.8. The summed E-state index contributed by atoms with van der Waals surface area (Å²) < 4.78 is 0. The highest BCUT2D eigenvalue weighted by Gasteiger charge is 2.21. The van der Waals surface area contributed by atoms with Crippen LogP contribution < -0.4 is 15.5 Å². The van der Waals surface area contributed by atoms with E-state index in [4.69, 9.17) is 0 Å². The molecule has 0 amide bonds. The van der Waals surface area contributed by atoms with Gasteiger partial charge in [0.15, 0.2) is 5.96 Å². The standard InChI is InChI=1S/C20H29N5S/c1-20(2,17-7-6-12-26-17)15-24-19(21-3)23-14-16-8-9-18(22-13-16)25-10-4-5-11-25/h6-9,12-13H,4-5,10-11,14-15H2,1-3H3,(H2,21,23,24). The van der Waals surface area contributed by atoms with Gasteiger partial charge in [0.2, 0.25) is 0 Å². The van der Waals surface area contributed by atoms with Crippen molar-refractivity contribution < 1.29 is 0 Å². The van der Waals surface area contributed by atoms with Crippen LogP contribution >= 0.6 is 11.3 Å². The fraction of sp³-hybridized carbons (Fsp3) is 0.500. The predicted octanol–water partition coefficient (Wildman–Crippen LogP) is 3.39. The minimum absolute atomic E-state index is 0.0741. The normalized spacial score (nSPS) is 15.3. The number of hydrogen-bond acceptors (Lipinski definition) is 4. The molecule has 0 bridgehead atoms.